The third-order valence-corrected chi connectivity index (χ3v) is 7.88. The van der Waals surface area contributed by atoms with Crippen molar-refractivity contribution in [2.75, 3.05) is 30.3 Å². The molecule has 0 saturated carbocycles. The number of anilines is 1. The molecular formula is C25H31Cl2N3O6S. The summed E-state index contributed by atoms with van der Waals surface area (Å²) < 4.78 is 37.6. The molecule has 1 aliphatic rings. The fraction of sp³-hybridized carbons (Fsp3) is 0.440. The molecule has 37 heavy (non-hydrogen) atoms. The second-order valence-electron chi connectivity index (χ2n) is 8.86. The number of benzene rings is 2. The lowest BCUT2D eigenvalue weighted by Gasteiger charge is -2.32. The minimum Gasteiger partial charge on any atom is -0.486 e. The number of sulfonamides is 1. The Kier molecular flexibility index (Phi) is 9.55. The lowest BCUT2D eigenvalue weighted by molar-refractivity contribution is -0.139. The molecular weight excluding hydrogens is 541 g/mol. The maximum Gasteiger partial charge on any atom is 0.244 e. The van der Waals surface area contributed by atoms with Crippen molar-refractivity contribution in [3.05, 3.63) is 52.0 Å². The molecule has 12 heteroatoms. The first kappa shape index (κ1) is 28.9. The van der Waals surface area contributed by atoms with Gasteiger partial charge in [0.25, 0.3) is 0 Å². The Balaban J connectivity index is 1.93. The van der Waals surface area contributed by atoms with E-state index < -0.39 is 28.5 Å². The summed E-state index contributed by atoms with van der Waals surface area (Å²) in [5, 5.41) is 3.54. The van der Waals surface area contributed by atoms with E-state index in [1.165, 1.54) is 11.0 Å². The van der Waals surface area contributed by atoms with Crippen LogP contribution in [0.3, 0.4) is 0 Å². The Bertz CT molecular complexity index is 1260. The highest BCUT2D eigenvalue weighted by molar-refractivity contribution is 7.92. The van der Waals surface area contributed by atoms with Crippen molar-refractivity contribution in [2.24, 2.45) is 0 Å². The van der Waals surface area contributed by atoms with E-state index in [1.807, 2.05) is 13.8 Å². The smallest absolute Gasteiger partial charge is 0.244 e. The molecule has 0 saturated heterocycles. The standard InChI is InChI=1S/C25H31Cl2N3O6S/c1-5-16(2)28-25(32)17(3)29(14-18-6-8-20(26)21(27)12-18)24(31)15-30(37(4,33)34)19-7-9-22-23(13-19)36-11-10-35-22/h6-9,12-13,16-17H,5,10-11,14-15H2,1-4H3,(H,28,32). The Morgan fingerprint density at radius 2 is 1.70 bits per heavy atom. The van der Waals surface area contributed by atoms with Gasteiger partial charge in [0.1, 0.15) is 25.8 Å². The van der Waals surface area contributed by atoms with Gasteiger partial charge in [0.15, 0.2) is 11.5 Å². The fourth-order valence-corrected chi connectivity index (χ4v) is 4.85. The maximum absolute atomic E-state index is 13.6. The zero-order chi connectivity index (χ0) is 27.3. The molecule has 0 aromatic heterocycles. The van der Waals surface area contributed by atoms with Crippen LogP contribution < -0.4 is 19.1 Å². The number of nitrogens with zero attached hydrogens (tertiary/aromatic N) is 2. The number of hydrogen-bond donors (Lipinski definition) is 1. The summed E-state index contributed by atoms with van der Waals surface area (Å²) in [5.41, 5.74) is 0.877. The fourth-order valence-electron chi connectivity index (χ4n) is 3.68. The highest BCUT2D eigenvalue weighted by atomic mass is 35.5. The third-order valence-electron chi connectivity index (χ3n) is 6.00. The Morgan fingerprint density at radius 3 is 2.32 bits per heavy atom. The third kappa shape index (κ3) is 7.43. The number of hydrogen-bond acceptors (Lipinski definition) is 6. The molecule has 0 fully saturated rings. The average Bonchev–Trinajstić information content (AvgIpc) is 2.86. The van der Waals surface area contributed by atoms with Gasteiger partial charge in [-0.1, -0.05) is 36.2 Å². The van der Waals surface area contributed by atoms with E-state index in [-0.39, 0.29) is 24.2 Å². The molecule has 0 spiro atoms. The summed E-state index contributed by atoms with van der Waals surface area (Å²) in [4.78, 5) is 27.9. The SMILES string of the molecule is CCC(C)NC(=O)C(C)N(Cc1ccc(Cl)c(Cl)c1)C(=O)CN(c1ccc2c(c1)OCCO2)S(C)(=O)=O. The van der Waals surface area contributed by atoms with E-state index in [1.54, 1.807) is 37.3 Å². The predicted octanol–water partition coefficient (Wildman–Crippen LogP) is 3.86. The van der Waals surface area contributed by atoms with Crippen LogP contribution in [0.15, 0.2) is 36.4 Å². The quantitative estimate of drug-likeness (QED) is 0.464. The summed E-state index contributed by atoms with van der Waals surface area (Å²) in [6, 6.07) is 8.59. The Labute approximate surface area is 227 Å². The summed E-state index contributed by atoms with van der Waals surface area (Å²) in [6.07, 6.45) is 1.73. The molecule has 202 valence electrons. The van der Waals surface area contributed by atoms with Gasteiger partial charge in [-0.3, -0.25) is 13.9 Å². The number of amides is 2. The van der Waals surface area contributed by atoms with E-state index in [2.05, 4.69) is 5.32 Å². The Morgan fingerprint density at radius 1 is 1.03 bits per heavy atom. The second-order valence-corrected chi connectivity index (χ2v) is 11.6. The average molecular weight is 573 g/mol. The van der Waals surface area contributed by atoms with E-state index in [4.69, 9.17) is 32.7 Å². The zero-order valence-corrected chi connectivity index (χ0v) is 23.5. The number of carbonyl (C=O) groups excluding carboxylic acids is 2. The molecule has 0 aliphatic carbocycles. The van der Waals surface area contributed by atoms with Gasteiger partial charge in [0.05, 0.1) is 22.0 Å². The number of carbonyl (C=O) groups is 2. The lowest BCUT2D eigenvalue weighted by Crippen LogP contribution is -2.52. The van der Waals surface area contributed by atoms with Crippen LogP contribution in [0, 0.1) is 0 Å². The molecule has 2 atom stereocenters. The van der Waals surface area contributed by atoms with Crippen LogP contribution in [0.25, 0.3) is 0 Å². The number of fused-ring (bicyclic) bond motifs is 1. The molecule has 0 radical (unpaired) electrons. The first-order valence-electron chi connectivity index (χ1n) is 11.8. The minimum absolute atomic E-state index is 0.0174. The van der Waals surface area contributed by atoms with Crippen LogP contribution in [-0.2, 0) is 26.2 Å². The summed E-state index contributed by atoms with van der Waals surface area (Å²) >= 11 is 12.2. The van der Waals surface area contributed by atoms with E-state index in [0.29, 0.717) is 46.7 Å². The van der Waals surface area contributed by atoms with Crippen LogP contribution in [0.1, 0.15) is 32.8 Å². The molecule has 2 unspecified atom stereocenters. The van der Waals surface area contributed by atoms with Crippen LogP contribution in [0.4, 0.5) is 5.69 Å². The summed E-state index contributed by atoms with van der Waals surface area (Å²) in [7, 11) is -3.88. The first-order chi connectivity index (χ1) is 17.4. The van der Waals surface area contributed by atoms with E-state index in [0.717, 1.165) is 10.6 Å². The number of halogens is 2. The molecule has 2 amide bonds. The van der Waals surface area contributed by atoms with Crippen LogP contribution in [0.2, 0.25) is 10.0 Å². The van der Waals surface area contributed by atoms with Gasteiger partial charge in [0, 0.05) is 18.7 Å². The van der Waals surface area contributed by atoms with E-state index >= 15 is 0 Å². The molecule has 1 heterocycles. The van der Waals surface area contributed by atoms with Gasteiger partial charge in [-0.25, -0.2) is 8.42 Å². The van der Waals surface area contributed by atoms with Crippen molar-refractivity contribution in [1.82, 2.24) is 10.2 Å². The molecule has 0 bridgehead atoms. The molecule has 3 rings (SSSR count). The number of ether oxygens (including phenoxy) is 2. The summed E-state index contributed by atoms with van der Waals surface area (Å²) in [5.74, 6) is -0.0450. The van der Waals surface area contributed by atoms with Gasteiger partial charge < -0.3 is 19.7 Å². The van der Waals surface area contributed by atoms with Crippen molar-refractivity contribution in [3.8, 4) is 11.5 Å². The normalized spacial score (nSPS) is 14.4. The minimum atomic E-state index is -3.88. The largest absolute Gasteiger partial charge is 0.486 e. The van der Waals surface area contributed by atoms with Crippen molar-refractivity contribution in [1.29, 1.82) is 0 Å². The van der Waals surface area contributed by atoms with Crippen LogP contribution in [-0.4, -0.2) is 63.2 Å². The van der Waals surface area contributed by atoms with Gasteiger partial charge in [-0.15, -0.1) is 0 Å². The zero-order valence-electron chi connectivity index (χ0n) is 21.2. The van der Waals surface area contributed by atoms with Crippen LogP contribution >= 0.6 is 23.2 Å². The lowest BCUT2D eigenvalue weighted by atomic mass is 10.1. The van der Waals surface area contributed by atoms with Gasteiger partial charge >= 0.3 is 0 Å². The van der Waals surface area contributed by atoms with Crippen molar-refractivity contribution in [3.63, 3.8) is 0 Å². The predicted molar refractivity (Wildman–Crippen MR) is 144 cm³/mol. The number of rotatable bonds is 10. The molecule has 9 nitrogen and oxygen atoms in total. The second kappa shape index (κ2) is 12.2. The molecule has 2 aromatic rings. The van der Waals surface area contributed by atoms with Gasteiger partial charge in [-0.2, -0.15) is 0 Å². The highest BCUT2D eigenvalue weighted by Gasteiger charge is 2.31. The molecule has 1 aliphatic heterocycles. The van der Waals surface area contributed by atoms with Crippen molar-refractivity contribution >= 4 is 50.7 Å². The molecule has 1 N–H and O–H groups in total. The van der Waals surface area contributed by atoms with E-state index in [9.17, 15) is 18.0 Å². The number of nitrogens with one attached hydrogen (secondary N) is 1. The van der Waals surface area contributed by atoms with Crippen molar-refractivity contribution < 1.29 is 27.5 Å². The highest BCUT2D eigenvalue weighted by Crippen LogP contribution is 2.35. The molecule has 2 aromatic carbocycles. The topological polar surface area (TPSA) is 105 Å². The first-order valence-corrected chi connectivity index (χ1v) is 14.4. The van der Waals surface area contributed by atoms with Gasteiger partial charge in [0.2, 0.25) is 21.8 Å². The maximum atomic E-state index is 13.6. The van der Waals surface area contributed by atoms with Gasteiger partial charge in [-0.05, 0) is 50.1 Å². The van der Waals surface area contributed by atoms with Crippen LogP contribution in [0.5, 0.6) is 11.5 Å². The monoisotopic (exact) mass is 571 g/mol. The Hall–Kier alpha value is -2.69. The van der Waals surface area contributed by atoms with Crippen molar-refractivity contribution in [2.45, 2.75) is 45.8 Å². The summed E-state index contributed by atoms with van der Waals surface area (Å²) in [6.45, 7) is 5.61.